The third kappa shape index (κ3) is 2.47. The van der Waals surface area contributed by atoms with E-state index in [1.165, 1.54) is 0 Å². The van der Waals surface area contributed by atoms with Crippen molar-refractivity contribution in [3.05, 3.63) is 0 Å². The molecule has 0 radical (unpaired) electrons. The van der Waals surface area contributed by atoms with Crippen LogP contribution >= 0.6 is 0 Å². The van der Waals surface area contributed by atoms with Crippen molar-refractivity contribution in [2.45, 2.75) is 38.6 Å². The smallest absolute Gasteiger partial charge is 0.311 e. The van der Waals surface area contributed by atoms with Gasteiger partial charge in [0, 0.05) is 6.54 Å². The topological polar surface area (TPSA) is 92.4 Å². The third-order valence-electron chi connectivity index (χ3n) is 3.15. The van der Waals surface area contributed by atoms with Crippen molar-refractivity contribution < 1.29 is 14.7 Å². The van der Waals surface area contributed by atoms with Crippen molar-refractivity contribution in [1.29, 1.82) is 0 Å². The Kier molecular flexibility index (Phi) is 3.04. The zero-order valence-electron chi connectivity index (χ0n) is 9.17. The van der Waals surface area contributed by atoms with Crippen LogP contribution in [0.25, 0.3) is 0 Å². The van der Waals surface area contributed by atoms with Gasteiger partial charge >= 0.3 is 5.97 Å². The van der Waals surface area contributed by atoms with Crippen LogP contribution < -0.4 is 11.1 Å². The normalized spacial score (nSPS) is 21.5. The van der Waals surface area contributed by atoms with Gasteiger partial charge in [0.25, 0.3) is 0 Å². The summed E-state index contributed by atoms with van der Waals surface area (Å²) in [4.78, 5) is 22.4. The average Bonchev–Trinajstić information content (AvgIpc) is 2.95. The number of carboxylic acid groups (broad SMARTS) is 1. The SMILES string of the molecule is CCC(C)(N)C(=O)NCC1(C(=O)O)CC1. The number of aliphatic carboxylic acids is 1. The van der Waals surface area contributed by atoms with Gasteiger partial charge in [0.2, 0.25) is 5.91 Å². The van der Waals surface area contributed by atoms with E-state index in [1.807, 2.05) is 6.92 Å². The fraction of sp³-hybridized carbons (Fsp3) is 0.800. The van der Waals surface area contributed by atoms with E-state index in [9.17, 15) is 9.59 Å². The Hall–Kier alpha value is -1.10. The second-order valence-electron chi connectivity index (χ2n) is 4.54. The zero-order valence-corrected chi connectivity index (χ0v) is 9.17. The van der Waals surface area contributed by atoms with Gasteiger partial charge in [0.1, 0.15) is 0 Å². The number of carboxylic acids is 1. The molecule has 0 heterocycles. The van der Waals surface area contributed by atoms with Crippen molar-refractivity contribution in [3.8, 4) is 0 Å². The van der Waals surface area contributed by atoms with Crippen LogP contribution in [0.1, 0.15) is 33.1 Å². The highest BCUT2D eigenvalue weighted by molar-refractivity contribution is 5.86. The maximum absolute atomic E-state index is 11.6. The van der Waals surface area contributed by atoms with E-state index in [4.69, 9.17) is 10.8 Å². The summed E-state index contributed by atoms with van der Waals surface area (Å²) < 4.78 is 0. The summed E-state index contributed by atoms with van der Waals surface area (Å²) in [5.41, 5.74) is 4.10. The van der Waals surface area contributed by atoms with Crippen molar-refractivity contribution in [1.82, 2.24) is 5.32 Å². The van der Waals surface area contributed by atoms with Gasteiger partial charge in [-0.15, -0.1) is 0 Å². The third-order valence-corrected chi connectivity index (χ3v) is 3.15. The lowest BCUT2D eigenvalue weighted by Crippen LogP contribution is -2.52. The molecule has 15 heavy (non-hydrogen) atoms. The summed E-state index contributed by atoms with van der Waals surface area (Å²) >= 11 is 0. The lowest BCUT2D eigenvalue weighted by Gasteiger charge is -2.22. The zero-order chi connectivity index (χ0) is 11.7. The molecule has 1 atom stereocenters. The summed E-state index contributed by atoms with van der Waals surface area (Å²) in [6.07, 6.45) is 1.80. The Morgan fingerprint density at radius 2 is 2.07 bits per heavy atom. The fourth-order valence-electron chi connectivity index (χ4n) is 1.23. The van der Waals surface area contributed by atoms with Gasteiger partial charge in [-0.2, -0.15) is 0 Å². The summed E-state index contributed by atoms with van der Waals surface area (Å²) in [6.45, 7) is 3.65. The summed E-state index contributed by atoms with van der Waals surface area (Å²) in [5, 5.41) is 11.5. The van der Waals surface area contributed by atoms with Crippen molar-refractivity contribution in [3.63, 3.8) is 0 Å². The number of carbonyl (C=O) groups is 2. The maximum Gasteiger partial charge on any atom is 0.311 e. The van der Waals surface area contributed by atoms with Crippen LogP contribution in [0, 0.1) is 5.41 Å². The molecule has 0 aromatic rings. The first kappa shape index (κ1) is 12.0. The summed E-state index contributed by atoms with van der Waals surface area (Å²) in [6, 6.07) is 0. The van der Waals surface area contributed by atoms with Crippen molar-refractivity contribution >= 4 is 11.9 Å². The Balaban J connectivity index is 2.45. The fourth-order valence-corrected chi connectivity index (χ4v) is 1.23. The molecule has 1 aliphatic carbocycles. The second kappa shape index (κ2) is 3.81. The van der Waals surface area contributed by atoms with Gasteiger partial charge < -0.3 is 16.2 Å². The predicted octanol–water partition coefficient (Wildman–Crippen LogP) is 0.0948. The quantitative estimate of drug-likeness (QED) is 0.605. The summed E-state index contributed by atoms with van der Waals surface area (Å²) in [7, 11) is 0. The number of nitrogens with two attached hydrogens (primary N) is 1. The molecule has 1 fully saturated rings. The van der Waals surface area contributed by atoms with Gasteiger partial charge in [0.05, 0.1) is 11.0 Å². The molecule has 0 aromatic heterocycles. The van der Waals surface area contributed by atoms with Crippen LogP contribution in [0.5, 0.6) is 0 Å². The van der Waals surface area contributed by atoms with E-state index in [0.717, 1.165) is 0 Å². The van der Waals surface area contributed by atoms with Crippen LogP contribution in [0.4, 0.5) is 0 Å². The van der Waals surface area contributed by atoms with Gasteiger partial charge in [-0.25, -0.2) is 0 Å². The number of hydrogen-bond donors (Lipinski definition) is 3. The lowest BCUT2D eigenvalue weighted by atomic mass is 9.99. The van der Waals surface area contributed by atoms with E-state index in [0.29, 0.717) is 19.3 Å². The van der Waals surface area contributed by atoms with Crippen LogP contribution in [0.15, 0.2) is 0 Å². The molecule has 0 bridgehead atoms. The first-order chi connectivity index (χ1) is 6.84. The molecule has 5 heteroatoms. The molecule has 0 aliphatic heterocycles. The average molecular weight is 214 g/mol. The first-order valence-electron chi connectivity index (χ1n) is 5.15. The number of hydrogen-bond acceptors (Lipinski definition) is 3. The minimum absolute atomic E-state index is 0.188. The lowest BCUT2D eigenvalue weighted by molar-refractivity contribution is -0.143. The molecule has 1 unspecified atom stereocenters. The highest BCUT2D eigenvalue weighted by Crippen LogP contribution is 2.45. The molecular weight excluding hydrogens is 196 g/mol. The number of rotatable bonds is 5. The van der Waals surface area contributed by atoms with Gasteiger partial charge in [-0.05, 0) is 26.2 Å². The van der Waals surface area contributed by atoms with Gasteiger partial charge in [-0.1, -0.05) is 6.92 Å². The molecule has 1 rings (SSSR count). The molecule has 1 saturated carbocycles. The first-order valence-corrected chi connectivity index (χ1v) is 5.15. The number of carbonyl (C=O) groups excluding carboxylic acids is 1. The largest absolute Gasteiger partial charge is 0.481 e. The molecular formula is C10H18N2O3. The van der Waals surface area contributed by atoms with Gasteiger partial charge in [0.15, 0.2) is 0 Å². The van der Waals surface area contributed by atoms with E-state index in [-0.39, 0.29) is 12.5 Å². The Bertz CT molecular complexity index is 282. The number of nitrogens with one attached hydrogen (secondary N) is 1. The molecule has 0 saturated heterocycles. The molecule has 5 nitrogen and oxygen atoms in total. The van der Waals surface area contributed by atoms with Crippen LogP contribution in [-0.2, 0) is 9.59 Å². The standard InChI is InChI=1S/C10H18N2O3/c1-3-9(2,11)7(13)12-6-10(4-5-10)8(14)15/h3-6,11H2,1-2H3,(H,12,13)(H,14,15). The van der Waals surface area contributed by atoms with Crippen LogP contribution in [0.2, 0.25) is 0 Å². The summed E-state index contributed by atoms with van der Waals surface area (Å²) in [5.74, 6) is -1.12. The molecule has 86 valence electrons. The Labute approximate surface area is 89.0 Å². The maximum atomic E-state index is 11.6. The second-order valence-corrected chi connectivity index (χ2v) is 4.54. The predicted molar refractivity (Wildman–Crippen MR) is 55.2 cm³/mol. The molecule has 0 aromatic carbocycles. The monoisotopic (exact) mass is 214 g/mol. The molecule has 0 spiro atoms. The highest BCUT2D eigenvalue weighted by atomic mass is 16.4. The van der Waals surface area contributed by atoms with E-state index >= 15 is 0 Å². The molecule has 1 aliphatic rings. The van der Waals surface area contributed by atoms with Gasteiger partial charge in [-0.3, -0.25) is 9.59 Å². The minimum Gasteiger partial charge on any atom is -0.481 e. The van der Waals surface area contributed by atoms with Crippen molar-refractivity contribution in [2.75, 3.05) is 6.54 Å². The van der Waals surface area contributed by atoms with Crippen LogP contribution in [-0.4, -0.2) is 29.1 Å². The van der Waals surface area contributed by atoms with Crippen molar-refractivity contribution in [2.24, 2.45) is 11.1 Å². The minimum atomic E-state index is -0.908. The van der Waals surface area contributed by atoms with E-state index in [2.05, 4.69) is 5.32 Å². The van der Waals surface area contributed by atoms with E-state index < -0.39 is 16.9 Å². The Morgan fingerprint density at radius 3 is 2.40 bits per heavy atom. The Morgan fingerprint density at radius 1 is 1.53 bits per heavy atom. The van der Waals surface area contributed by atoms with E-state index in [1.54, 1.807) is 6.92 Å². The highest BCUT2D eigenvalue weighted by Gasteiger charge is 2.50. The van der Waals surface area contributed by atoms with Crippen LogP contribution in [0.3, 0.4) is 0 Å². The molecule has 4 N–H and O–H groups in total. The molecule has 1 amide bonds. The number of amides is 1.